The van der Waals surface area contributed by atoms with E-state index in [4.69, 9.17) is 23.7 Å². The van der Waals surface area contributed by atoms with Crippen LogP contribution >= 0.6 is 0 Å². The van der Waals surface area contributed by atoms with Crippen molar-refractivity contribution in [2.45, 2.75) is 76.8 Å². The lowest BCUT2D eigenvalue weighted by atomic mass is 9.49. The summed E-state index contributed by atoms with van der Waals surface area (Å²) in [5.74, 6) is -1.81. The van der Waals surface area contributed by atoms with Crippen LogP contribution in [0, 0.1) is 10.8 Å². The van der Waals surface area contributed by atoms with E-state index in [0.29, 0.717) is 5.57 Å². The average molecular weight is 440 g/mol. The fraction of sp³-hybridized carbons (Fsp3) is 0.762. The van der Waals surface area contributed by atoms with Crippen LogP contribution < -0.4 is 0 Å². The molecule has 1 spiro atoms. The number of hydrogen-bond donors (Lipinski definition) is 2. The molecule has 4 aliphatic rings. The number of fused-ring (bicyclic) bond motifs is 2. The van der Waals surface area contributed by atoms with Gasteiger partial charge < -0.3 is 33.9 Å². The van der Waals surface area contributed by atoms with Crippen molar-refractivity contribution in [1.82, 2.24) is 0 Å². The van der Waals surface area contributed by atoms with Crippen LogP contribution in [0.25, 0.3) is 0 Å². The number of ether oxygens (including phenoxy) is 5. The van der Waals surface area contributed by atoms with Gasteiger partial charge in [0.05, 0.1) is 23.5 Å². The van der Waals surface area contributed by atoms with Crippen molar-refractivity contribution < 1.29 is 48.3 Å². The van der Waals surface area contributed by atoms with Crippen LogP contribution in [0.4, 0.5) is 0 Å². The molecular formula is C21H28O10. The topological polar surface area (TPSA) is 141 Å². The lowest BCUT2D eigenvalue weighted by molar-refractivity contribution is -0.275. The molecule has 4 rings (SSSR count). The first-order valence-corrected chi connectivity index (χ1v) is 10.2. The van der Waals surface area contributed by atoms with Gasteiger partial charge in [0, 0.05) is 20.8 Å². The first kappa shape index (κ1) is 22.2. The molecule has 2 saturated heterocycles. The number of rotatable bonds is 4. The molecule has 2 aliphatic heterocycles. The number of hydrogen-bond acceptors (Lipinski definition) is 10. The van der Waals surface area contributed by atoms with Gasteiger partial charge in [0.15, 0.2) is 0 Å². The Labute approximate surface area is 179 Å². The molecule has 9 atom stereocenters. The predicted octanol–water partition coefficient (Wildman–Crippen LogP) is -0.363. The van der Waals surface area contributed by atoms with E-state index in [1.165, 1.54) is 20.8 Å². The Balaban J connectivity index is 1.93. The predicted molar refractivity (Wildman–Crippen MR) is 101 cm³/mol. The van der Waals surface area contributed by atoms with E-state index in [9.17, 15) is 24.6 Å². The maximum atomic E-state index is 11.9. The summed E-state index contributed by atoms with van der Waals surface area (Å²) in [7, 11) is 0. The van der Waals surface area contributed by atoms with Gasteiger partial charge in [-0.25, -0.2) is 0 Å². The number of esters is 3. The van der Waals surface area contributed by atoms with E-state index in [0.717, 1.165) is 0 Å². The summed E-state index contributed by atoms with van der Waals surface area (Å²) in [5, 5.41) is 22.7. The largest absolute Gasteiger partial charge is 0.465 e. The second-order valence-electron chi connectivity index (χ2n) is 9.08. The summed E-state index contributed by atoms with van der Waals surface area (Å²) in [6, 6.07) is 0. The third-order valence-corrected chi connectivity index (χ3v) is 7.53. The zero-order valence-corrected chi connectivity index (χ0v) is 18.1. The van der Waals surface area contributed by atoms with E-state index < -0.39 is 71.0 Å². The Bertz CT molecular complexity index is 847. The Morgan fingerprint density at radius 2 is 1.74 bits per heavy atom. The molecule has 3 fully saturated rings. The van der Waals surface area contributed by atoms with Gasteiger partial charge >= 0.3 is 17.9 Å². The van der Waals surface area contributed by atoms with E-state index in [1.807, 2.05) is 0 Å². The first-order chi connectivity index (χ1) is 14.4. The quantitative estimate of drug-likeness (QED) is 0.258. The standard InChI is InChI=1S/C21H28O10/c1-9-6-13-20(7-27-10(2)22,16(26)15(9)29-11(3)23)19(5)17(30-12(4)24)14(25)18(31-13)21(19)8-28-21/h6,13-18,25-26H,7-8H2,1-5H3. The van der Waals surface area contributed by atoms with Crippen molar-refractivity contribution in [3.63, 3.8) is 0 Å². The highest BCUT2D eigenvalue weighted by Crippen LogP contribution is 2.72. The third-order valence-electron chi connectivity index (χ3n) is 7.53. The molecule has 2 heterocycles. The molecule has 2 bridgehead atoms. The zero-order chi connectivity index (χ0) is 22.9. The van der Waals surface area contributed by atoms with Gasteiger partial charge in [-0.1, -0.05) is 13.0 Å². The van der Waals surface area contributed by atoms with Gasteiger partial charge in [0.1, 0.15) is 42.7 Å². The number of aliphatic hydroxyl groups is 2. The number of carbonyl (C=O) groups excluding carboxylic acids is 3. The number of epoxide rings is 1. The summed E-state index contributed by atoms with van der Waals surface area (Å²) in [6.45, 7) is 6.98. The fourth-order valence-corrected chi connectivity index (χ4v) is 6.04. The SMILES string of the molecule is CC(=O)OCC12C(C=C(C)C(OC(C)=O)C1O)OC1C(O)C(OC(C)=O)C2(C)C12CO2. The molecule has 0 aromatic heterocycles. The van der Waals surface area contributed by atoms with E-state index >= 15 is 0 Å². The third kappa shape index (κ3) is 2.75. The summed E-state index contributed by atoms with van der Waals surface area (Å²) in [4.78, 5) is 35.5. The fourth-order valence-electron chi connectivity index (χ4n) is 6.04. The molecule has 1 saturated carbocycles. The minimum Gasteiger partial charge on any atom is -0.465 e. The van der Waals surface area contributed by atoms with Gasteiger partial charge in [0.25, 0.3) is 0 Å². The lowest BCUT2D eigenvalue weighted by Crippen LogP contribution is -2.73. The second-order valence-corrected chi connectivity index (χ2v) is 9.08. The molecule has 172 valence electrons. The van der Waals surface area contributed by atoms with Gasteiger partial charge in [0.2, 0.25) is 0 Å². The van der Waals surface area contributed by atoms with Crippen LogP contribution in [0.5, 0.6) is 0 Å². The molecule has 9 unspecified atom stereocenters. The van der Waals surface area contributed by atoms with Crippen LogP contribution in [-0.4, -0.2) is 83.6 Å². The van der Waals surface area contributed by atoms with Crippen LogP contribution in [0.1, 0.15) is 34.6 Å². The molecule has 10 heteroatoms. The Morgan fingerprint density at radius 3 is 2.26 bits per heavy atom. The highest BCUT2D eigenvalue weighted by Gasteiger charge is 2.87. The summed E-state index contributed by atoms with van der Waals surface area (Å²) >= 11 is 0. The van der Waals surface area contributed by atoms with Crippen LogP contribution in [0.15, 0.2) is 11.6 Å². The Hall–Kier alpha value is -2.01. The Kier molecular flexibility index (Phi) is 5.01. The zero-order valence-electron chi connectivity index (χ0n) is 18.1. The molecule has 0 aromatic carbocycles. The minimum atomic E-state index is -1.44. The van der Waals surface area contributed by atoms with E-state index in [-0.39, 0.29) is 13.2 Å². The highest BCUT2D eigenvalue weighted by molar-refractivity contribution is 5.68. The molecule has 2 N–H and O–H groups in total. The molecule has 10 nitrogen and oxygen atoms in total. The maximum absolute atomic E-state index is 11.9. The average Bonchev–Trinajstić information content (AvgIpc) is 3.44. The van der Waals surface area contributed by atoms with Crippen molar-refractivity contribution in [2.24, 2.45) is 10.8 Å². The maximum Gasteiger partial charge on any atom is 0.303 e. The molecule has 0 radical (unpaired) electrons. The van der Waals surface area contributed by atoms with Crippen LogP contribution in [-0.2, 0) is 38.1 Å². The van der Waals surface area contributed by atoms with Crippen molar-refractivity contribution in [1.29, 1.82) is 0 Å². The van der Waals surface area contributed by atoms with Gasteiger partial charge in [-0.15, -0.1) is 0 Å². The highest BCUT2D eigenvalue weighted by atomic mass is 16.7. The van der Waals surface area contributed by atoms with Crippen LogP contribution in [0.2, 0.25) is 0 Å². The molecule has 2 aliphatic carbocycles. The molecule has 31 heavy (non-hydrogen) atoms. The van der Waals surface area contributed by atoms with Gasteiger partial charge in [-0.05, 0) is 12.5 Å². The molecular weight excluding hydrogens is 412 g/mol. The molecule has 0 amide bonds. The van der Waals surface area contributed by atoms with Gasteiger partial charge in [-0.3, -0.25) is 14.4 Å². The summed E-state index contributed by atoms with van der Waals surface area (Å²) in [5.41, 5.74) is -3.18. The monoisotopic (exact) mass is 440 g/mol. The molecule has 0 aromatic rings. The minimum absolute atomic E-state index is 0.200. The summed E-state index contributed by atoms with van der Waals surface area (Å²) in [6.07, 6.45) is -4.74. The van der Waals surface area contributed by atoms with Gasteiger partial charge in [-0.2, -0.15) is 0 Å². The summed E-state index contributed by atoms with van der Waals surface area (Å²) < 4.78 is 28.4. The van der Waals surface area contributed by atoms with Crippen molar-refractivity contribution in [3.8, 4) is 0 Å². The van der Waals surface area contributed by atoms with E-state index in [2.05, 4.69) is 0 Å². The lowest BCUT2D eigenvalue weighted by Gasteiger charge is -2.60. The second kappa shape index (κ2) is 6.99. The van der Waals surface area contributed by atoms with E-state index in [1.54, 1.807) is 19.9 Å². The van der Waals surface area contributed by atoms with Crippen molar-refractivity contribution >= 4 is 17.9 Å². The number of carbonyl (C=O) groups is 3. The van der Waals surface area contributed by atoms with Crippen molar-refractivity contribution in [2.75, 3.05) is 13.2 Å². The Morgan fingerprint density at radius 1 is 1.13 bits per heavy atom. The van der Waals surface area contributed by atoms with Crippen LogP contribution in [0.3, 0.4) is 0 Å². The number of aliphatic hydroxyl groups excluding tert-OH is 2. The first-order valence-electron chi connectivity index (χ1n) is 10.2. The van der Waals surface area contributed by atoms with Crippen molar-refractivity contribution in [3.05, 3.63) is 11.6 Å². The normalized spacial score (nSPS) is 47.3. The smallest absolute Gasteiger partial charge is 0.303 e.